The SMILES string of the molecule is C[C@H](N[C@@H](C)c1ccc(F)cc1F)C(=O)Nc1cccc(S(=O)(=O)N(C)C)c1. The zero-order chi connectivity index (χ0) is 21.1. The predicted molar refractivity (Wildman–Crippen MR) is 103 cm³/mol. The highest BCUT2D eigenvalue weighted by atomic mass is 32.2. The van der Waals surface area contributed by atoms with Crippen LogP contribution >= 0.6 is 0 Å². The smallest absolute Gasteiger partial charge is 0.242 e. The molecule has 0 aliphatic carbocycles. The van der Waals surface area contributed by atoms with Crippen LogP contribution in [0.25, 0.3) is 0 Å². The molecule has 0 bridgehead atoms. The molecule has 0 saturated heterocycles. The van der Waals surface area contributed by atoms with Crippen molar-refractivity contribution < 1.29 is 22.0 Å². The monoisotopic (exact) mass is 411 g/mol. The molecule has 0 radical (unpaired) electrons. The van der Waals surface area contributed by atoms with Crippen LogP contribution in [-0.4, -0.2) is 38.8 Å². The average Bonchev–Trinajstić information content (AvgIpc) is 2.61. The summed E-state index contributed by atoms with van der Waals surface area (Å²) in [5, 5.41) is 5.57. The maximum Gasteiger partial charge on any atom is 0.242 e. The first kappa shape index (κ1) is 21.9. The number of amides is 1. The number of halogens is 2. The molecular weight excluding hydrogens is 388 g/mol. The summed E-state index contributed by atoms with van der Waals surface area (Å²) in [6.45, 7) is 3.25. The molecule has 2 aromatic rings. The second kappa shape index (κ2) is 8.76. The molecule has 9 heteroatoms. The molecule has 152 valence electrons. The maximum atomic E-state index is 13.9. The van der Waals surface area contributed by atoms with Gasteiger partial charge in [0.2, 0.25) is 15.9 Å². The number of rotatable bonds is 7. The van der Waals surface area contributed by atoms with Crippen molar-refractivity contribution in [2.24, 2.45) is 0 Å². The highest BCUT2D eigenvalue weighted by molar-refractivity contribution is 7.89. The molecule has 2 rings (SSSR count). The summed E-state index contributed by atoms with van der Waals surface area (Å²) in [7, 11) is -0.786. The largest absolute Gasteiger partial charge is 0.325 e. The molecule has 0 aliphatic rings. The molecule has 0 unspecified atom stereocenters. The van der Waals surface area contributed by atoms with E-state index in [0.29, 0.717) is 5.69 Å². The van der Waals surface area contributed by atoms with E-state index in [2.05, 4.69) is 10.6 Å². The normalized spacial score (nSPS) is 14.0. The van der Waals surface area contributed by atoms with Crippen molar-refractivity contribution in [3.63, 3.8) is 0 Å². The number of carbonyl (C=O) groups excluding carboxylic acids is 1. The van der Waals surface area contributed by atoms with Gasteiger partial charge in [-0.15, -0.1) is 0 Å². The fraction of sp³-hybridized carbons (Fsp3) is 0.316. The Kier molecular flexibility index (Phi) is 6.87. The second-order valence-corrected chi connectivity index (χ2v) is 8.73. The van der Waals surface area contributed by atoms with Crippen LogP contribution in [0, 0.1) is 11.6 Å². The summed E-state index contributed by atoms with van der Waals surface area (Å²) in [6, 6.07) is 7.91. The number of benzene rings is 2. The van der Waals surface area contributed by atoms with E-state index in [1.165, 1.54) is 38.4 Å². The zero-order valence-corrected chi connectivity index (χ0v) is 16.8. The molecule has 2 N–H and O–H groups in total. The molecule has 0 saturated carbocycles. The minimum atomic E-state index is -3.62. The van der Waals surface area contributed by atoms with Gasteiger partial charge in [-0.05, 0) is 38.1 Å². The third kappa shape index (κ3) is 5.12. The standard InChI is InChI=1S/C19H23F2N3O3S/c1-12(17-9-8-14(20)10-18(17)21)22-13(2)19(25)23-15-6-5-7-16(11-15)28(26,27)24(3)4/h5-13,22H,1-4H3,(H,23,25)/t12-,13-/m0/s1. The highest BCUT2D eigenvalue weighted by Crippen LogP contribution is 2.20. The fourth-order valence-electron chi connectivity index (χ4n) is 2.59. The van der Waals surface area contributed by atoms with Crippen LogP contribution in [0.5, 0.6) is 0 Å². The van der Waals surface area contributed by atoms with Gasteiger partial charge in [0.15, 0.2) is 0 Å². The lowest BCUT2D eigenvalue weighted by Gasteiger charge is -2.20. The Morgan fingerprint density at radius 3 is 2.36 bits per heavy atom. The van der Waals surface area contributed by atoms with Crippen molar-refractivity contribution in [2.45, 2.75) is 30.8 Å². The lowest BCUT2D eigenvalue weighted by molar-refractivity contribution is -0.117. The van der Waals surface area contributed by atoms with Crippen molar-refractivity contribution in [1.29, 1.82) is 0 Å². The Morgan fingerprint density at radius 1 is 1.07 bits per heavy atom. The van der Waals surface area contributed by atoms with E-state index >= 15 is 0 Å². The van der Waals surface area contributed by atoms with Gasteiger partial charge in [0, 0.05) is 37.5 Å². The Labute approximate surface area is 163 Å². The van der Waals surface area contributed by atoms with E-state index in [4.69, 9.17) is 0 Å². The maximum absolute atomic E-state index is 13.9. The first-order chi connectivity index (χ1) is 13.0. The van der Waals surface area contributed by atoms with Crippen molar-refractivity contribution in [1.82, 2.24) is 9.62 Å². The Hall–Kier alpha value is -2.36. The van der Waals surface area contributed by atoms with Crippen molar-refractivity contribution >= 4 is 21.6 Å². The average molecular weight is 411 g/mol. The van der Waals surface area contributed by atoms with E-state index in [1.54, 1.807) is 19.9 Å². The summed E-state index contributed by atoms with van der Waals surface area (Å²) in [5.41, 5.74) is 0.558. The van der Waals surface area contributed by atoms with Crippen molar-refractivity contribution in [2.75, 3.05) is 19.4 Å². The molecule has 1 amide bonds. The molecule has 0 fully saturated rings. The van der Waals surface area contributed by atoms with Gasteiger partial charge in [-0.25, -0.2) is 21.5 Å². The summed E-state index contributed by atoms with van der Waals surface area (Å²) in [5.74, 6) is -1.80. The lowest BCUT2D eigenvalue weighted by atomic mass is 10.1. The minimum absolute atomic E-state index is 0.0534. The number of anilines is 1. The Bertz CT molecular complexity index is 965. The van der Waals surface area contributed by atoms with Gasteiger partial charge in [-0.1, -0.05) is 12.1 Å². The number of carbonyl (C=O) groups is 1. The van der Waals surface area contributed by atoms with Crippen LogP contribution in [0.3, 0.4) is 0 Å². The fourth-order valence-corrected chi connectivity index (χ4v) is 3.54. The number of hydrogen-bond donors (Lipinski definition) is 2. The quantitative estimate of drug-likeness (QED) is 0.734. The van der Waals surface area contributed by atoms with E-state index in [-0.39, 0.29) is 10.5 Å². The van der Waals surface area contributed by atoms with E-state index < -0.39 is 39.6 Å². The molecule has 2 atom stereocenters. The Balaban J connectivity index is 2.08. The van der Waals surface area contributed by atoms with Crippen LogP contribution in [-0.2, 0) is 14.8 Å². The topological polar surface area (TPSA) is 78.5 Å². The summed E-state index contributed by atoms with van der Waals surface area (Å²) >= 11 is 0. The number of nitrogens with zero attached hydrogens (tertiary/aromatic N) is 1. The van der Waals surface area contributed by atoms with E-state index in [0.717, 1.165) is 16.4 Å². The van der Waals surface area contributed by atoms with Crippen LogP contribution in [0.4, 0.5) is 14.5 Å². The van der Waals surface area contributed by atoms with Crippen LogP contribution in [0.1, 0.15) is 25.5 Å². The third-order valence-electron chi connectivity index (χ3n) is 4.20. The van der Waals surface area contributed by atoms with Gasteiger partial charge in [-0.3, -0.25) is 10.1 Å². The van der Waals surface area contributed by atoms with Gasteiger partial charge < -0.3 is 5.32 Å². The number of sulfonamides is 1. The first-order valence-corrected chi connectivity index (χ1v) is 10.0. The van der Waals surface area contributed by atoms with Gasteiger partial charge in [0.05, 0.1) is 10.9 Å². The minimum Gasteiger partial charge on any atom is -0.325 e. The molecule has 6 nitrogen and oxygen atoms in total. The molecule has 0 spiro atoms. The van der Waals surface area contributed by atoms with Crippen molar-refractivity contribution in [3.8, 4) is 0 Å². The molecule has 0 heterocycles. The Morgan fingerprint density at radius 2 is 1.75 bits per heavy atom. The van der Waals surface area contributed by atoms with Gasteiger partial charge in [0.1, 0.15) is 11.6 Å². The number of hydrogen-bond acceptors (Lipinski definition) is 4. The summed E-state index contributed by atoms with van der Waals surface area (Å²) in [4.78, 5) is 12.5. The molecule has 0 aromatic heterocycles. The van der Waals surface area contributed by atoms with E-state index in [1.807, 2.05) is 0 Å². The molecule has 2 aromatic carbocycles. The van der Waals surface area contributed by atoms with Crippen molar-refractivity contribution in [3.05, 3.63) is 59.7 Å². The lowest BCUT2D eigenvalue weighted by Crippen LogP contribution is -2.39. The summed E-state index contributed by atoms with van der Waals surface area (Å²) < 4.78 is 52.4. The van der Waals surface area contributed by atoms with Gasteiger partial charge >= 0.3 is 0 Å². The van der Waals surface area contributed by atoms with Crippen LogP contribution in [0.15, 0.2) is 47.4 Å². The highest BCUT2D eigenvalue weighted by Gasteiger charge is 2.21. The second-order valence-electron chi connectivity index (χ2n) is 6.58. The molecule has 0 aliphatic heterocycles. The van der Waals surface area contributed by atoms with Gasteiger partial charge in [0.25, 0.3) is 0 Å². The molecule has 28 heavy (non-hydrogen) atoms. The zero-order valence-electron chi connectivity index (χ0n) is 16.0. The third-order valence-corrected chi connectivity index (χ3v) is 6.01. The molecular formula is C19H23F2N3O3S. The van der Waals surface area contributed by atoms with E-state index in [9.17, 15) is 22.0 Å². The number of nitrogens with one attached hydrogen (secondary N) is 2. The van der Waals surface area contributed by atoms with Crippen LogP contribution < -0.4 is 10.6 Å². The first-order valence-electron chi connectivity index (χ1n) is 8.57. The summed E-state index contributed by atoms with van der Waals surface area (Å²) in [6.07, 6.45) is 0. The predicted octanol–water partition coefficient (Wildman–Crippen LogP) is 2.89. The van der Waals surface area contributed by atoms with Crippen LogP contribution in [0.2, 0.25) is 0 Å². The van der Waals surface area contributed by atoms with Gasteiger partial charge in [-0.2, -0.15) is 0 Å².